The van der Waals surface area contributed by atoms with Crippen LogP contribution in [0, 0.1) is 0 Å². The Morgan fingerprint density at radius 1 is 1.11 bits per heavy atom. The Bertz CT molecular complexity index is 743. The third-order valence-electron chi connectivity index (χ3n) is 3.18. The van der Waals surface area contributed by atoms with Crippen molar-refractivity contribution < 1.29 is 9.53 Å². The van der Waals surface area contributed by atoms with Crippen LogP contribution in [0.3, 0.4) is 0 Å². The molecule has 0 aliphatic heterocycles. The molecule has 1 heterocycles. The van der Waals surface area contributed by atoms with Gasteiger partial charge in [-0.3, -0.25) is 4.79 Å². The predicted octanol–water partition coefficient (Wildman–Crippen LogP) is 4.03. The fourth-order valence-electron chi connectivity index (χ4n) is 2.31. The zero-order valence-electron chi connectivity index (χ0n) is 10.8. The van der Waals surface area contributed by atoms with Gasteiger partial charge in [-0.1, -0.05) is 37.3 Å². The number of rotatable bonds is 3. The standard InChI is InChI=1S/C16H15NO2/c1-2-6-15(18)19-14-10-5-8-12-11-7-3-4-9-13(11)17-16(12)14/h3-5,7-10,17H,2,6H2,1H3. The Morgan fingerprint density at radius 2 is 1.89 bits per heavy atom. The second-order valence-corrected chi connectivity index (χ2v) is 4.57. The molecule has 1 aromatic heterocycles. The molecule has 96 valence electrons. The van der Waals surface area contributed by atoms with Gasteiger partial charge < -0.3 is 9.72 Å². The van der Waals surface area contributed by atoms with E-state index in [0.717, 1.165) is 28.2 Å². The van der Waals surface area contributed by atoms with Crippen LogP contribution < -0.4 is 4.74 Å². The van der Waals surface area contributed by atoms with Gasteiger partial charge in [0.1, 0.15) is 0 Å². The summed E-state index contributed by atoms with van der Waals surface area (Å²) in [7, 11) is 0. The molecule has 3 aromatic rings. The molecule has 3 nitrogen and oxygen atoms in total. The van der Waals surface area contributed by atoms with Gasteiger partial charge in [-0.15, -0.1) is 0 Å². The Balaban J connectivity index is 2.12. The Kier molecular flexibility index (Phi) is 2.95. The molecule has 3 heteroatoms. The highest BCUT2D eigenvalue weighted by Gasteiger charge is 2.11. The summed E-state index contributed by atoms with van der Waals surface area (Å²) in [6.07, 6.45) is 1.23. The lowest BCUT2D eigenvalue weighted by Gasteiger charge is -2.04. The maximum absolute atomic E-state index is 11.6. The maximum atomic E-state index is 11.6. The van der Waals surface area contributed by atoms with Crippen molar-refractivity contribution in [2.75, 3.05) is 0 Å². The molecule has 0 aliphatic rings. The molecule has 0 spiro atoms. The van der Waals surface area contributed by atoms with Gasteiger partial charge >= 0.3 is 5.97 Å². The fraction of sp³-hybridized carbons (Fsp3) is 0.188. The number of hydrogen-bond acceptors (Lipinski definition) is 2. The molecule has 0 bridgehead atoms. The van der Waals surface area contributed by atoms with E-state index in [1.165, 1.54) is 0 Å². The van der Waals surface area contributed by atoms with Crippen molar-refractivity contribution in [3.63, 3.8) is 0 Å². The van der Waals surface area contributed by atoms with Crippen LogP contribution in [0.5, 0.6) is 5.75 Å². The van der Waals surface area contributed by atoms with Crippen molar-refractivity contribution >= 4 is 27.8 Å². The number of aromatic nitrogens is 1. The minimum Gasteiger partial charge on any atom is -0.424 e. The number of carbonyl (C=O) groups excluding carboxylic acids is 1. The van der Waals surface area contributed by atoms with Gasteiger partial charge in [0.25, 0.3) is 0 Å². The van der Waals surface area contributed by atoms with Crippen LogP contribution in [-0.4, -0.2) is 11.0 Å². The summed E-state index contributed by atoms with van der Waals surface area (Å²) < 4.78 is 5.43. The highest BCUT2D eigenvalue weighted by atomic mass is 16.5. The largest absolute Gasteiger partial charge is 0.424 e. The molecule has 0 unspecified atom stereocenters. The molecule has 0 aliphatic carbocycles. The van der Waals surface area contributed by atoms with Crippen LogP contribution in [0.25, 0.3) is 21.8 Å². The Labute approximate surface area is 111 Å². The van der Waals surface area contributed by atoms with Crippen molar-refractivity contribution in [3.8, 4) is 5.75 Å². The highest BCUT2D eigenvalue weighted by molar-refractivity contribution is 6.09. The summed E-state index contributed by atoms with van der Waals surface area (Å²) in [5.74, 6) is 0.417. The van der Waals surface area contributed by atoms with E-state index in [9.17, 15) is 4.79 Å². The van der Waals surface area contributed by atoms with Crippen LogP contribution in [0.4, 0.5) is 0 Å². The molecular weight excluding hydrogens is 238 g/mol. The van der Waals surface area contributed by atoms with E-state index in [1.807, 2.05) is 43.3 Å². The van der Waals surface area contributed by atoms with E-state index in [4.69, 9.17) is 4.74 Å². The number of H-pyrrole nitrogens is 1. The lowest BCUT2D eigenvalue weighted by atomic mass is 10.1. The monoisotopic (exact) mass is 253 g/mol. The average Bonchev–Trinajstić information content (AvgIpc) is 2.79. The van der Waals surface area contributed by atoms with Gasteiger partial charge in [0.05, 0.1) is 5.52 Å². The lowest BCUT2D eigenvalue weighted by Crippen LogP contribution is -2.07. The molecule has 3 rings (SSSR count). The van der Waals surface area contributed by atoms with Crippen LogP contribution in [0.15, 0.2) is 42.5 Å². The molecule has 0 amide bonds. The van der Waals surface area contributed by atoms with Gasteiger partial charge in [-0.05, 0) is 18.6 Å². The van der Waals surface area contributed by atoms with Crippen molar-refractivity contribution in [1.29, 1.82) is 0 Å². The molecule has 1 N–H and O–H groups in total. The SMILES string of the molecule is CCCC(=O)Oc1cccc2c1[nH]c1ccccc12. The smallest absolute Gasteiger partial charge is 0.311 e. The number of ether oxygens (including phenoxy) is 1. The third-order valence-corrected chi connectivity index (χ3v) is 3.18. The van der Waals surface area contributed by atoms with Crippen LogP contribution in [0.1, 0.15) is 19.8 Å². The second kappa shape index (κ2) is 4.76. The van der Waals surface area contributed by atoms with E-state index < -0.39 is 0 Å². The summed E-state index contributed by atoms with van der Waals surface area (Å²) >= 11 is 0. The van der Waals surface area contributed by atoms with E-state index in [2.05, 4.69) is 11.1 Å². The summed E-state index contributed by atoms with van der Waals surface area (Å²) in [6, 6.07) is 13.8. The second-order valence-electron chi connectivity index (χ2n) is 4.57. The van der Waals surface area contributed by atoms with Gasteiger partial charge in [0, 0.05) is 22.7 Å². The van der Waals surface area contributed by atoms with Crippen LogP contribution in [0.2, 0.25) is 0 Å². The van der Waals surface area contributed by atoms with Gasteiger partial charge in [-0.2, -0.15) is 0 Å². The summed E-state index contributed by atoms with van der Waals surface area (Å²) in [5, 5.41) is 2.23. The minimum atomic E-state index is -0.186. The minimum absolute atomic E-state index is 0.186. The zero-order valence-corrected chi connectivity index (χ0v) is 10.8. The molecule has 19 heavy (non-hydrogen) atoms. The Hall–Kier alpha value is -2.29. The number of esters is 1. The molecule has 2 aromatic carbocycles. The van der Waals surface area contributed by atoms with Crippen LogP contribution in [-0.2, 0) is 4.79 Å². The number of hydrogen-bond donors (Lipinski definition) is 1. The van der Waals surface area contributed by atoms with Gasteiger partial charge in [-0.25, -0.2) is 0 Å². The Morgan fingerprint density at radius 3 is 2.74 bits per heavy atom. The number of benzene rings is 2. The average molecular weight is 253 g/mol. The van der Waals surface area contributed by atoms with E-state index in [1.54, 1.807) is 0 Å². The molecule has 0 radical (unpaired) electrons. The number of para-hydroxylation sites is 2. The lowest BCUT2D eigenvalue weighted by molar-refractivity contribution is -0.134. The molecule has 0 fully saturated rings. The summed E-state index contributed by atoms with van der Waals surface area (Å²) in [5.41, 5.74) is 1.93. The first-order valence-corrected chi connectivity index (χ1v) is 6.49. The number of aromatic amines is 1. The first-order valence-electron chi connectivity index (χ1n) is 6.49. The maximum Gasteiger partial charge on any atom is 0.311 e. The van der Waals surface area contributed by atoms with Gasteiger partial charge in [0.15, 0.2) is 5.75 Å². The highest BCUT2D eigenvalue weighted by Crippen LogP contribution is 2.31. The molecular formula is C16H15NO2. The van der Waals surface area contributed by atoms with E-state index >= 15 is 0 Å². The summed E-state index contributed by atoms with van der Waals surface area (Å²) in [4.78, 5) is 15.0. The molecule has 0 atom stereocenters. The fourth-order valence-corrected chi connectivity index (χ4v) is 2.31. The molecule has 0 saturated carbocycles. The van der Waals surface area contributed by atoms with E-state index in [0.29, 0.717) is 12.2 Å². The van der Waals surface area contributed by atoms with Crippen molar-refractivity contribution in [1.82, 2.24) is 4.98 Å². The van der Waals surface area contributed by atoms with Gasteiger partial charge in [0.2, 0.25) is 0 Å². The first-order chi connectivity index (χ1) is 9.29. The van der Waals surface area contributed by atoms with Crippen molar-refractivity contribution in [3.05, 3.63) is 42.5 Å². The normalized spacial score (nSPS) is 11.0. The predicted molar refractivity (Wildman–Crippen MR) is 76.3 cm³/mol. The topological polar surface area (TPSA) is 42.1 Å². The number of carbonyl (C=O) groups is 1. The zero-order chi connectivity index (χ0) is 13.2. The number of fused-ring (bicyclic) bond motifs is 3. The molecule has 0 saturated heterocycles. The van der Waals surface area contributed by atoms with E-state index in [-0.39, 0.29) is 5.97 Å². The first kappa shape index (κ1) is 11.8. The van der Waals surface area contributed by atoms with Crippen LogP contribution >= 0.6 is 0 Å². The van der Waals surface area contributed by atoms with Crippen molar-refractivity contribution in [2.45, 2.75) is 19.8 Å². The number of nitrogens with one attached hydrogen (secondary N) is 1. The quantitative estimate of drug-likeness (QED) is 0.565. The summed E-state index contributed by atoms with van der Waals surface area (Å²) in [6.45, 7) is 1.96. The van der Waals surface area contributed by atoms with Crippen molar-refractivity contribution in [2.24, 2.45) is 0 Å². The third kappa shape index (κ3) is 2.08.